The van der Waals surface area contributed by atoms with Gasteiger partial charge in [-0.05, 0) is 31.1 Å². The normalized spacial score (nSPS) is 11.7. The molecular formula is C9H18O2S. The van der Waals surface area contributed by atoms with Gasteiger partial charge in [-0.1, -0.05) is 6.92 Å². The SMILES string of the molecule is CCOC(/C=C/SCC)OCC. The predicted octanol–water partition coefficient (Wildman–Crippen LogP) is 2.65. The predicted molar refractivity (Wildman–Crippen MR) is 54.3 cm³/mol. The van der Waals surface area contributed by atoms with Crippen molar-refractivity contribution in [3.05, 3.63) is 11.5 Å². The minimum absolute atomic E-state index is 0.168. The molecule has 0 amide bonds. The first kappa shape index (κ1) is 12.0. The lowest BCUT2D eigenvalue weighted by molar-refractivity contribution is -0.103. The summed E-state index contributed by atoms with van der Waals surface area (Å²) in [6.07, 6.45) is 1.78. The third kappa shape index (κ3) is 6.70. The van der Waals surface area contributed by atoms with E-state index in [1.54, 1.807) is 11.8 Å². The molecule has 2 nitrogen and oxygen atoms in total. The molecule has 0 aromatic carbocycles. The molecule has 0 aromatic rings. The molecule has 0 saturated carbocycles. The van der Waals surface area contributed by atoms with Crippen LogP contribution in [0.25, 0.3) is 0 Å². The van der Waals surface area contributed by atoms with Crippen LogP contribution in [0.3, 0.4) is 0 Å². The van der Waals surface area contributed by atoms with Gasteiger partial charge in [-0.25, -0.2) is 0 Å². The first-order valence-corrected chi connectivity index (χ1v) is 5.41. The summed E-state index contributed by atoms with van der Waals surface area (Å²) in [5.74, 6) is 1.08. The molecule has 0 spiro atoms. The van der Waals surface area contributed by atoms with E-state index in [0.29, 0.717) is 13.2 Å². The number of ether oxygens (including phenoxy) is 2. The molecule has 0 N–H and O–H groups in total. The Morgan fingerprint density at radius 1 is 1.17 bits per heavy atom. The standard InChI is InChI=1S/C9H18O2S/c1-4-10-9(11-5-2)7-8-12-6-3/h7-9H,4-6H2,1-3H3/b8-7+. The Hall–Kier alpha value is 0.01000. The molecule has 0 unspecified atom stereocenters. The van der Waals surface area contributed by atoms with Crippen molar-refractivity contribution < 1.29 is 9.47 Å². The van der Waals surface area contributed by atoms with Gasteiger partial charge in [0.05, 0.1) is 0 Å². The number of thioether (sulfide) groups is 1. The molecular weight excluding hydrogens is 172 g/mol. The summed E-state index contributed by atoms with van der Waals surface area (Å²) in [7, 11) is 0. The zero-order valence-corrected chi connectivity index (χ0v) is 8.89. The van der Waals surface area contributed by atoms with Gasteiger partial charge >= 0.3 is 0 Å². The summed E-state index contributed by atoms with van der Waals surface area (Å²) >= 11 is 1.75. The number of hydrogen-bond acceptors (Lipinski definition) is 3. The van der Waals surface area contributed by atoms with Crippen LogP contribution in [0.15, 0.2) is 11.5 Å². The van der Waals surface area contributed by atoms with Crippen LogP contribution in [0.2, 0.25) is 0 Å². The summed E-state index contributed by atoms with van der Waals surface area (Å²) in [6, 6.07) is 0. The molecule has 0 radical (unpaired) electrons. The lowest BCUT2D eigenvalue weighted by Gasteiger charge is -2.11. The molecule has 0 aliphatic rings. The summed E-state index contributed by atoms with van der Waals surface area (Å²) in [5, 5.41) is 2.02. The summed E-state index contributed by atoms with van der Waals surface area (Å²) in [5.41, 5.74) is 0. The molecule has 72 valence electrons. The van der Waals surface area contributed by atoms with Crippen molar-refractivity contribution in [1.29, 1.82) is 0 Å². The zero-order valence-electron chi connectivity index (χ0n) is 8.08. The van der Waals surface area contributed by atoms with Crippen LogP contribution in [0.5, 0.6) is 0 Å². The molecule has 3 heteroatoms. The maximum Gasteiger partial charge on any atom is 0.177 e. The molecule has 0 aliphatic heterocycles. The highest BCUT2D eigenvalue weighted by atomic mass is 32.2. The molecule has 0 atom stereocenters. The second kappa shape index (κ2) is 9.10. The summed E-state index contributed by atoms with van der Waals surface area (Å²) in [4.78, 5) is 0. The van der Waals surface area contributed by atoms with Crippen molar-refractivity contribution in [3.8, 4) is 0 Å². The Balaban J connectivity index is 3.60. The van der Waals surface area contributed by atoms with E-state index in [1.165, 1.54) is 0 Å². The number of hydrogen-bond donors (Lipinski definition) is 0. The van der Waals surface area contributed by atoms with Crippen molar-refractivity contribution in [2.75, 3.05) is 19.0 Å². The van der Waals surface area contributed by atoms with E-state index in [2.05, 4.69) is 6.92 Å². The van der Waals surface area contributed by atoms with Crippen LogP contribution in [0.4, 0.5) is 0 Å². The molecule has 0 fully saturated rings. The molecule has 0 aromatic heterocycles. The molecule has 12 heavy (non-hydrogen) atoms. The fraction of sp³-hybridized carbons (Fsp3) is 0.778. The highest BCUT2D eigenvalue weighted by molar-refractivity contribution is 8.02. The van der Waals surface area contributed by atoms with Crippen LogP contribution in [-0.4, -0.2) is 25.3 Å². The minimum Gasteiger partial charge on any atom is -0.349 e. The van der Waals surface area contributed by atoms with E-state index in [4.69, 9.17) is 9.47 Å². The second-order valence-electron chi connectivity index (χ2n) is 2.06. The quantitative estimate of drug-likeness (QED) is 0.575. The highest BCUT2D eigenvalue weighted by Gasteiger charge is 2.00. The number of rotatable bonds is 7. The molecule has 0 aliphatic carbocycles. The lowest BCUT2D eigenvalue weighted by atomic mass is 10.6. The first-order valence-electron chi connectivity index (χ1n) is 4.36. The first-order chi connectivity index (χ1) is 5.85. The Bertz CT molecular complexity index is 109. The fourth-order valence-corrected chi connectivity index (χ4v) is 1.14. The maximum atomic E-state index is 5.31. The Morgan fingerprint density at radius 3 is 2.17 bits per heavy atom. The smallest absolute Gasteiger partial charge is 0.177 e. The summed E-state index contributed by atoms with van der Waals surface area (Å²) < 4.78 is 10.6. The third-order valence-electron chi connectivity index (χ3n) is 1.16. The van der Waals surface area contributed by atoms with Gasteiger partial charge in [0, 0.05) is 13.2 Å². The Morgan fingerprint density at radius 2 is 1.75 bits per heavy atom. The largest absolute Gasteiger partial charge is 0.349 e. The molecule has 0 rings (SSSR count). The van der Waals surface area contributed by atoms with E-state index in [9.17, 15) is 0 Å². The topological polar surface area (TPSA) is 18.5 Å². The van der Waals surface area contributed by atoms with Crippen LogP contribution in [0, 0.1) is 0 Å². The van der Waals surface area contributed by atoms with Gasteiger partial charge < -0.3 is 9.47 Å². The summed E-state index contributed by atoms with van der Waals surface area (Å²) in [6.45, 7) is 7.42. The molecule has 0 heterocycles. The van der Waals surface area contributed by atoms with Gasteiger partial charge in [0.1, 0.15) is 0 Å². The van der Waals surface area contributed by atoms with Gasteiger partial charge in [0.15, 0.2) is 6.29 Å². The van der Waals surface area contributed by atoms with Crippen LogP contribution in [0.1, 0.15) is 20.8 Å². The van der Waals surface area contributed by atoms with Gasteiger partial charge in [0.25, 0.3) is 0 Å². The minimum atomic E-state index is -0.168. The van der Waals surface area contributed by atoms with E-state index in [1.807, 2.05) is 25.3 Å². The van der Waals surface area contributed by atoms with Crippen molar-refractivity contribution in [2.45, 2.75) is 27.1 Å². The van der Waals surface area contributed by atoms with Crippen LogP contribution < -0.4 is 0 Å². The molecule has 0 saturated heterocycles. The third-order valence-corrected chi connectivity index (χ3v) is 1.84. The lowest BCUT2D eigenvalue weighted by Crippen LogP contribution is -2.13. The average Bonchev–Trinajstić information content (AvgIpc) is 2.06. The Kier molecular flexibility index (Phi) is 9.11. The van der Waals surface area contributed by atoms with Crippen molar-refractivity contribution in [3.63, 3.8) is 0 Å². The van der Waals surface area contributed by atoms with Crippen molar-refractivity contribution >= 4 is 11.8 Å². The average molecular weight is 190 g/mol. The van der Waals surface area contributed by atoms with E-state index >= 15 is 0 Å². The Labute approximate surface area is 79.3 Å². The van der Waals surface area contributed by atoms with Crippen molar-refractivity contribution in [2.24, 2.45) is 0 Å². The van der Waals surface area contributed by atoms with E-state index in [0.717, 1.165) is 5.75 Å². The van der Waals surface area contributed by atoms with Gasteiger partial charge in [0.2, 0.25) is 0 Å². The van der Waals surface area contributed by atoms with Crippen molar-refractivity contribution in [1.82, 2.24) is 0 Å². The van der Waals surface area contributed by atoms with Crippen LogP contribution in [-0.2, 0) is 9.47 Å². The monoisotopic (exact) mass is 190 g/mol. The fourth-order valence-electron chi connectivity index (χ4n) is 0.704. The van der Waals surface area contributed by atoms with Gasteiger partial charge in [-0.15, -0.1) is 11.8 Å². The van der Waals surface area contributed by atoms with E-state index < -0.39 is 0 Å². The highest BCUT2D eigenvalue weighted by Crippen LogP contribution is 2.04. The molecule has 0 bridgehead atoms. The van der Waals surface area contributed by atoms with Gasteiger partial charge in [-0.3, -0.25) is 0 Å². The second-order valence-corrected chi connectivity index (χ2v) is 3.25. The van der Waals surface area contributed by atoms with Gasteiger partial charge in [-0.2, -0.15) is 0 Å². The van der Waals surface area contributed by atoms with E-state index in [-0.39, 0.29) is 6.29 Å². The maximum absolute atomic E-state index is 5.31. The zero-order chi connectivity index (χ0) is 9.23. The van der Waals surface area contributed by atoms with Crippen LogP contribution >= 0.6 is 11.8 Å².